The number of rotatable bonds is 4. The molecular weight excluding hydrogens is 253 g/mol. The summed E-state index contributed by atoms with van der Waals surface area (Å²) in [6, 6.07) is 2.31. The van der Waals surface area contributed by atoms with E-state index in [0.717, 1.165) is 11.8 Å². The zero-order chi connectivity index (χ0) is 14.6. The van der Waals surface area contributed by atoms with E-state index in [1.165, 1.54) is 12.3 Å². The smallest absolute Gasteiger partial charge is 0.351 e. The number of hydrogen-bond acceptors (Lipinski definition) is 2. The molecule has 0 aliphatic carbocycles. The van der Waals surface area contributed by atoms with Crippen molar-refractivity contribution < 1.29 is 13.2 Å². The third-order valence-electron chi connectivity index (χ3n) is 2.64. The molecule has 2 nitrogen and oxygen atoms in total. The maximum Gasteiger partial charge on any atom is 0.433 e. The monoisotopic (exact) mass is 268 g/mol. The Morgan fingerprint density at radius 2 is 2.00 bits per heavy atom. The number of allylic oxidation sites excluding steroid dienone is 2. The zero-order valence-corrected chi connectivity index (χ0v) is 10.8. The Kier molecular flexibility index (Phi) is 4.53. The lowest BCUT2D eigenvalue weighted by molar-refractivity contribution is -0.141. The average Bonchev–Trinajstić information content (AvgIpc) is 2.38. The van der Waals surface area contributed by atoms with E-state index in [2.05, 4.69) is 18.1 Å². The molecule has 19 heavy (non-hydrogen) atoms. The van der Waals surface area contributed by atoms with Crippen LogP contribution >= 0.6 is 0 Å². The summed E-state index contributed by atoms with van der Waals surface area (Å²) >= 11 is 0. The van der Waals surface area contributed by atoms with Crippen molar-refractivity contribution in [1.29, 1.82) is 0 Å². The largest absolute Gasteiger partial charge is 0.433 e. The Morgan fingerprint density at radius 1 is 1.37 bits per heavy atom. The highest BCUT2D eigenvalue weighted by Crippen LogP contribution is 2.29. The average molecular weight is 268 g/mol. The fourth-order valence-electron chi connectivity index (χ4n) is 1.58. The highest BCUT2D eigenvalue weighted by atomic mass is 19.4. The molecule has 0 aromatic carbocycles. The standard InChI is InChI=1S/C14H15F3N2/c1-5-12(19(4)6-2)10(3)11-7-8-13(18-9-11)14(15,16)17/h5-9H,2-3H2,1,4H3/b12-5-. The van der Waals surface area contributed by atoms with E-state index in [1.54, 1.807) is 18.1 Å². The molecule has 5 heteroatoms. The van der Waals surface area contributed by atoms with Gasteiger partial charge in [-0.2, -0.15) is 13.2 Å². The summed E-state index contributed by atoms with van der Waals surface area (Å²) in [6.45, 7) is 9.33. The van der Waals surface area contributed by atoms with Crippen LogP contribution in [0.1, 0.15) is 18.2 Å². The van der Waals surface area contributed by atoms with E-state index in [4.69, 9.17) is 0 Å². The molecule has 0 aliphatic heterocycles. The van der Waals surface area contributed by atoms with Gasteiger partial charge in [0.2, 0.25) is 0 Å². The van der Waals surface area contributed by atoms with Crippen LogP contribution in [0.25, 0.3) is 5.57 Å². The van der Waals surface area contributed by atoms with Gasteiger partial charge in [0.25, 0.3) is 0 Å². The molecule has 0 unspecified atom stereocenters. The Bertz CT molecular complexity index is 498. The Labute approximate surface area is 110 Å². The van der Waals surface area contributed by atoms with Crippen molar-refractivity contribution in [3.8, 4) is 0 Å². The number of aromatic nitrogens is 1. The van der Waals surface area contributed by atoms with Gasteiger partial charge in [-0.3, -0.25) is 4.98 Å². The molecular formula is C14H15F3N2. The summed E-state index contributed by atoms with van der Waals surface area (Å²) in [5, 5.41) is 0. The Morgan fingerprint density at radius 3 is 2.37 bits per heavy atom. The minimum absolute atomic E-state index is 0.537. The van der Waals surface area contributed by atoms with Crippen LogP contribution < -0.4 is 0 Å². The molecule has 0 saturated carbocycles. The maximum absolute atomic E-state index is 12.4. The number of pyridine rings is 1. The number of alkyl halides is 3. The predicted molar refractivity (Wildman–Crippen MR) is 70.0 cm³/mol. The topological polar surface area (TPSA) is 16.1 Å². The molecule has 1 aromatic heterocycles. The second-order valence-corrected chi connectivity index (χ2v) is 3.88. The Hall–Kier alpha value is -2.04. The molecule has 0 amide bonds. The van der Waals surface area contributed by atoms with E-state index in [1.807, 2.05) is 13.0 Å². The molecule has 1 rings (SSSR count). The van der Waals surface area contributed by atoms with Crippen LogP contribution in [0.15, 0.2) is 49.5 Å². The number of likely N-dealkylation sites (N-methyl/N-ethyl adjacent to an activating group) is 1. The van der Waals surface area contributed by atoms with Crippen molar-refractivity contribution in [2.75, 3.05) is 7.05 Å². The molecule has 0 N–H and O–H groups in total. The van der Waals surface area contributed by atoms with Crippen molar-refractivity contribution in [1.82, 2.24) is 9.88 Å². The first-order valence-corrected chi connectivity index (χ1v) is 5.55. The van der Waals surface area contributed by atoms with Crippen molar-refractivity contribution in [3.05, 3.63) is 60.7 Å². The highest BCUT2D eigenvalue weighted by Gasteiger charge is 2.32. The number of hydrogen-bond donors (Lipinski definition) is 0. The van der Waals surface area contributed by atoms with Crippen molar-refractivity contribution >= 4 is 5.57 Å². The molecule has 1 aromatic rings. The SMILES string of the molecule is C=CN(C)/C(=C\C)C(=C)c1ccc(C(F)(F)F)nc1. The fraction of sp³-hybridized carbons (Fsp3) is 0.214. The fourth-order valence-corrected chi connectivity index (χ4v) is 1.58. The van der Waals surface area contributed by atoms with Gasteiger partial charge in [-0.05, 0) is 24.8 Å². The summed E-state index contributed by atoms with van der Waals surface area (Å²) in [4.78, 5) is 5.15. The molecule has 0 radical (unpaired) electrons. The number of halogens is 3. The molecule has 0 fully saturated rings. The van der Waals surface area contributed by atoms with Crippen molar-refractivity contribution in [2.45, 2.75) is 13.1 Å². The zero-order valence-electron chi connectivity index (χ0n) is 10.8. The van der Waals surface area contributed by atoms with Gasteiger partial charge < -0.3 is 4.90 Å². The lowest BCUT2D eigenvalue weighted by Crippen LogP contribution is -2.11. The van der Waals surface area contributed by atoms with E-state index in [-0.39, 0.29) is 0 Å². The van der Waals surface area contributed by atoms with Gasteiger partial charge in [0, 0.05) is 24.5 Å². The van der Waals surface area contributed by atoms with Gasteiger partial charge in [-0.25, -0.2) is 0 Å². The van der Waals surface area contributed by atoms with E-state index in [9.17, 15) is 13.2 Å². The molecule has 0 spiro atoms. The molecule has 102 valence electrons. The maximum atomic E-state index is 12.4. The summed E-state index contributed by atoms with van der Waals surface area (Å²) in [5.41, 5.74) is 0.973. The molecule has 0 aliphatic rings. The van der Waals surface area contributed by atoms with Crippen LogP contribution in [-0.2, 0) is 6.18 Å². The third kappa shape index (κ3) is 3.47. The van der Waals surface area contributed by atoms with Crippen LogP contribution in [0.3, 0.4) is 0 Å². The number of nitrogens with zero attached hydrogens (tertiary/aromatic N) is 2. The van der Waals surface area contributed by atoms with Gasteiger partial charge in [0.15, 0.2) is 0 Å². The highest BCUT2D eigenvalue weighted by molar-refractivity contribution is 5.76. The normalized spacial score (nSPS) is 12.2. The lowest BCUT2D eigenvalue weighted by atomic mass is 10.1. The van der Waals surface area contributed by atoms with Crippen LogP contribution in [-0.4, -0.2) is 16.9 Å². The van der Waals surface area contributed by atoms with Gasteiger partial charge >= 0.3 is 6.18 Å². The molecule has 1 heterocycles. The van der Waals surface area contributed by atoms with E-state index in [0.29, 0.717) is 11.1 Å². The predicted octanol–water partition coefficient (Wildman–Crippen LogP) is 4.09. The van der Waals surface area contributed by atoms with Gasteiger partial charge in [0.05, 0.1) is 0 Å². The molecule has 0 atom stereocenters. The lowest BCUT2D eigenvalue weighted by Gasteiger charge is -2.20. The summed E-state index contributed by atoms with van der Waals surface area (Å²) in [6.07, 6.45) is 0.145. The minimum atomic E-state index is -4.43. The van der Waals surface area contributed by atoms with Crippen LogP contribution in [0, 0.1) is 0 Å². The first-order valence-electron chi connectivity index (χ1n) is 5.55. The van der Waals surface area contributed by atoms with Crippen molar-refractivity contribution in [3.63, 3.8) is 0 Å². The first kappa shape index (κ1) is 15.0. The van der Waals surface area contributed by atoms with Gasteiger partial charge in [0.1, 0.15) is 5.69 Å². The van der Waals surface area contributed by atoms with E-state index >= 15 is 0 Å². The molecule has 0 bridgehead atoms. The van der Waals surface area contributed by atoms with Gasteiger partial charge in [-0.15, -0.1) is 0 Å². The second-order valence-electron chi connectivity index (χ2n) is 3.88. The summed E-state index contributed by atoms with van der Waals surface area (Å²) < 4.78 is 37.2. The summed E-state index contributed by atoms with van der Waals surface area (Å²) in [7, 11) is 1.78. The summed E-state index contributed by atoms with van der Waals surface area (Å²) in [5.74, 6) is 0. The van der Waals surface area contributed by atoms with Gasteiger partial charge in [-0.1, -0.05) is 25.3 Å². The molecule has 0 saturated heterocycles. The quantitative estimate of drug-likeness (QED) is 0.764. The Balaban J connectivity index is 3.05. The third-order valence-corrected chi connectivity index (χ3v) is 2.64. The van der Waals surface area contributed by atoms with Crippen LogP contribution in [0.5, 0.6) is 0 Å². The first-order chi connectivity index (χ1) is 8.81. The second kappa shape index (κ2) is 5.73. The van der Waals surface area contributed by atoms with Crippen LogP contribution in [0.4, 0.5) is 13.2 Å². The minimum Gasteiger partial charge on any atom is -0.351 e. The van der Waals surface area contributed by atoms with Crippen molar-refractivity contribution in [2.24, 2.45) is 0 Å². The van der Waals surface area contributed by atoms with Crippen LogP contribution in [0.2, 0.25) is 0 Å². The van der Waals surface area contributed by atoms with E-state index < -0.39 is 11.9 Å².